The monoisotopic (exact) mass is 265 g/mol. The van der Waals surface area contributed by atoms with Gasteiger partial charge in [-0.15, -0.1) is 21.5 Å². The van der Waals surface area contributed by atoms with Gasteiger partial charge in [0, 0.05) is 31.3 Å². The van der Waals surface area contributed by atoms with Crippen molar-refractivity contribution in [1.82, 2.24) is 15.1 Å². The van der Waals surface area contributed by atoms with Gasteiger partial charge in [0.2, 0.25) is 5.91 Å². The van der Waals surface area contributed by atoms with E-state index in [1.807, 2.05) is 11.8 Å². The molecule has 0 N–H and O–H groups in total. The molecule has 98 valence electrons. The molecule has 1 saturated heterocycles. The maximum Gasteiger partial charge on any atom is 0.222 e. The van der Waals surface area contributed by atoms with Crippen molar-refractivity contribution in [3.63, 3.8) is 0 Å². The van der Waals surface area contributed by atoms with Crippen molar-refractivity contribution < 1.29 is 4.79 Å². The van der Waals surface area contributed by atoms with Gasteiger partial charge in [0.05, 0.1) is 0 Å². The molecule has 2 aliphatic rings. The lowest BCUT2D eigenvalue weighted by Crippen LogP contribution is -2.37. The molecule has 3 rings (SSSR count). The van der Waals surface area contributed by atoms with Gasteiger partial charge in [-0.25, -0.2) is 0 Å². The molecule has 1 aromatic rings. The number of nitrogens with zero attached hydrogens (tertiary/aromatic N) is 3. The maximum absolute atomic E-state index is 11.6. The van der Waals surface area contributed by atoms with E-state index < -0.39 is 0 Å². The standard InChI is InChI=1S/C13H19N3OS/c1-2-11(17)16-7-5-10(6-8-16)13-15-14-12(18-13)9-3-4-9/h9-10H,2-8H2,1H3. The van der Waals surface area contributed by atoms with Crippen LogP contribution in [0.15, 0.2) is 0 Å². The number of carbonyl (C=O) groups is 1. The third-order valence-electron chi connectivity index (χ3n) is 3.88. The first-order valence-electron chi connectivity index (χ1n) is 6.89. The van der Waals surface area contributed by atoms with Crippen molar-refractivity contribution in [3.05, 3.63) is 10.0 Å². The molecule has 1 aliphatic heterocycles. The zero-order valence-electron chi connectivity index (χ0n) is 10.8. The van der Waals surface area contributed by atoms with E-state index in [1.165, 1.54) is 22.9 Å². The first-order valence-corrected chi connectivity index (χ1v) is 7.70. The molecule has 4 nitrogen and oxygen atoms in total. The molecular formula is C13H19N3OS. The molecule has 0 radical (unpaired) electrons. The summed E-state index contributed by atoms with van der Waals surface area (Å²) in [7, 11) is 0. The summed E-state index contributed by atoms with van der Waals surface area (Å²) in [6, 6.07) is 0. The average molecular weight is 265 g/mol. The Bertz CT molecular complexity index is 433. The van der Waals surface area contributed by atoms with Crippen LogP contribution in [-0.4, -0.2) is 34.1 Å². The molecule has 1 amide bonds. The molecular weight excluding hydrogens is 246 g/mol. The van der Waals surface area contributed by atoms with E-state index in [1.54, 1.807) is 11.3 Å². The Balaban J connectivity index is 1.59. The molecule has 1 aliphatic carbocycles. The third-order valence-corrected chi connectivity index (χ3v) is 5.13. The van der Waals surface area contributed by atoms with Crippen LogP contribution in [0.1, 0.15) is 60.9 Å². The summed E-state index contributed by atoms with van der Waals surface area (Å²) < 4.78 is 0. The molecule has 1 aromatic heterocycles. The fraction of sp³-hybridized carbons (Fsp3) is 0.769. The number of aromatic nitrogens is 2. The number of rotatable bonds is 3. The summed E-state index contributed by atoms with van der Waals surface area (Å²) >= 11 is 1.80. The fourth-order valence-electron chi connectivity index (χ4n) is 2.51. The number of piperidine rings is 1. The molecule has 5 heteroatoms. The van der Waals surface area contributed by atoms with Gasteiger partial charge >= 0.3 is 0 Å². The third kappa shape index (κ3) is 2.41. The Morgan fingerprint density at radius 3 is 2.22 bits per heavy atom. The first kappa shape index (κ1) is 12.1. The molecule has 1 saturated carbocycles. The van der Waals surface area contributed by atoms with Crippen molar-refractivity contribution in [3.8, 4) is 0 Å². The second kappa shape index (κ2) is 4.96. The molecule has 0 bridgehead atoms. The minimum atomic E-state index is 0.282. The van der Waals surface area contributed by atoms with Gasteiger partial charge in [0.15, 0.2) is 0 Å². The van der Waals surface area contributed by atoms with Gasteiger partial charge in [0.1, 0.15) is 10.0 Å². The van der Waals surface area contributed by atoms with Gasteiger partial charge < -0.3 is 4.90 Å². The number of likely N-dealkylation sites (tertiary alicyclic amines) is 1. The highest BCUT2D eigenvalue weighted by Gasteiger charge is 2.30. The second-order valence-corrected chi connectivity index (χ2v) is 6.30. The molecule has 18 heavy (non-hydrogen) atoms. The van der Waals surface area contributed by atoms with E-state index in [4.69, 9.17) is 0 Å². The van der Waals surface area contributed by atoms with E-state index >= 15 is 0 Å². The van der Waals surface area contributed by atoms with Crippen LogP contribution in [0, 0.1) is 0 Å². The lowest BCUT2D eigenvalue weighted by atomic mass is 9.97. The molecule has 0 unspecified atom stereocenters. The van der Waals surface area contributed by atoms with E-state index in [-0.39, 0.29) is 5.91 Å². The highest BCUT2D eigenvalue weighted by molar-refractivity contribution is 7.11. The normalized spacial score (nSPS) is 21.3. The number of hydrogen-bond acceptors (Lipinski definition) is 4. The molecule has 2 heterocycles. The zero-order valence-corrected chi connectivity index (χ0v) is 11.6. The fourth-order valence-corrected chi connectivity index (χ4v) is 3.69. The van der Waals surface area contributed by atoms with Crippen LogP contribution in [-0.2, 0) is 4.79 Å². The van der Waals surface area contributed by atoms with E-state index in [0.29, 0.717) is 18.3 Å². The maximum atomic E-state index is 11.6. The topological polar surface area (TPSA) is 46.1 Å². The Hall–Kier alpha value is -0.970. The molecule has 2 fully saturated rings. The Labute approximate surface area is 111 Å². The molecule has 0 aromatic carbocycles. The number of hydrogen-bond donors (Lipinski definition) is 0. The van der Waals surface area contributed by atoms with Crippen LogP contribution in [0.2, 0.25) is 0 Å². The van der Waals surface area contributed by atoms with Crippen LogP contribution in [0.3, 0.4) is 0 Å². The summed E-state index contributed by atoms with van der Waals surface area (Å²) in [6.07, 6.45) is 5.29. The lowest BCUT2D eigenvalue weighted by Gasteiger charge is -2.30. The van der Waals surface area contributed by atoms with E-state index in [2.05, 4.69) is 10.2 Å². The quantitative estimate of drug-likeness (QED) is 0.843. The van der Waals surface area contributed by atoms with Gasteiger partial charge in [-0.3, -0.25) is 4.79 Å². The smallest absolute Gasteiger partial charge is 0.222 e. The average Bonchev–Trinajstić information content (AvgIpc) is 3.16. The SMILES string of the molecule is CCC(=O)N1CCC(c2nnc(C3CC3)s2)CC1. The molecule has 0 atom stereocenters. The van der Waals surface area contributed by atoms with Crippen molar-refractivity contribution in [2.75, 3.05) is 13.1 Å². The zero-order chi connectivity index (χ0) is 12.5. The van der Waals surface area contributed by atoms with E-state index in [9.17, 15) is 4.79 Å². The minimum Gasteiger partial charge on any atom is -0.343 e. The summed E-state index contributed by atoms with van der Waals surface area (Å²) in [5.74, 6) is 1.51. The van der Waals surface area contributed by atoms with Crippen LogP contribution < -0.4 is 0 Å². The van der Waals surface area contributed by atoms with Gasteiger partial charge in [-0.1, -0.05) is 6.92 Å². The Morgan fingerprint density at radius 2 is 1.72 bits per heavy atom. The molecule has 0 spiro atoms. The Morgan fingerprint density at radius 1 is 1.17 bits per heavy atom. The number of amides is 1. The summed E-state index contributed by atoms with van der Waals surface area (Å²) in [5, 5.41) is 11.1. The van der Waals surface area contributed by atoms with E-state index in [0.717, 1.165) is 25.9 Å². The van der Waals surface area contributed by atoms with Crippen LogP contribution in [0.25, 0.3) is 0 Å². The van der Waals surface area contributed by atoms with Gasteiger partial charge in [-0.2, -0.15) is 0 Å². The predicted molar refractivity (Wildman–Crippen MR) is 70.7 cm³/mol. The van der Waals surface area contributed by atoms with Crippen molar-refractivity contribution in [1.29, 1.82) is 0 Å². The Kier molecular flexibility index (Phi) is 3.33. The highest BCUT2D eigenvalue weighted by Crippen LogP contribution is 2.43. The van der Waals surface area contributed by atoms with Crippen molar-refractivity contribution >= 4 is 17.2 Å². The summed E-state index contributed by atoms with van der Waals surface area (Å²) in [4.78, 5) is 13.6. The first-order chi connectivity index (χ1) is 8.78. The lowest BCUT2D eigenvalue weighted by molar-refractivity contribution is -0.131. The minimum absolute atomic E-state index is 0.282. The van der Waals surface area contributed by atoms with Crippen LogP contribution in [0.5, 0.6) is 0 Å². The van der Waals surface area contributed by atoms with Crippen LogP contribution in [0.4, 0.5) is 0 Å². The second-order valence-electron chi connectivity index (χ2n) is 5.26. The summed E-state index contributed by atoms with van der Waals surface area (Å²) in [5.41, 5.74) is 0. The summed E-state index contributed by atoms with van der Waals surface area (Å²) in [6.45, 7) is 3.70. The van der Waals surface area contributed by atoms with Crippen LogP contribution >= 0.6 is 11.3 Å². The number of carbonyl (C=O) groups excluding carboxylic acids is 1. The van der Waals surface area contributed by atoms with Gasteiger partial charge in [-0.05, 0) is 25.7 Å². The van der Waals surface area contributed by atoms with Crippen molar-refractivity contribution in [2.24, 2.45) is 0 Å². The highest BCUT2D eigenvalue weighted by atomic mass is 32.1. The van der Waals surface area contributed by atoms with Gasteiger partial charge in [0.25, 0.3) is 0 Å². The largest absolute Gasteiger partial charge is 0.343 e. The van der Waals surface area contributed by atoms with Crippen molar-refractivity contribution in [2.45, 2.75) is 50.9 Å². The predicted octanol–water partition coefficient (Wildman–Crippen LogP) is 2.53.